The van der Waals surface area contributed by atoms with E-state index in [9.17, 15) is 9.18 Å². The number of benzene rings is 2. The summed E-state index contributed by atoms with van der Waals surface area (Å²) in [5.41, 5.74) is 2.74. The number of halogens is 1. The van der Waals surface area contributed by atoms with E-state index in [-0.39, 0.29) is 17.4 Å². The molecule has 0 saturated heterocycles. The number of ether oxygens (including phenoxy) is 1. The number of methoxy groups -OCH3 is 1. The standard InChI is InChI=1S/C22H26FN3O2S/c1-15(2)12-26-19-8-6-5-7-18(19)24-22(26)29-14-21(27)25(3)13-16-9-10-20(28-4)17(23)11-16/h5-11,15H,12-14H2,1-4H3. The molecule has 2 aromatic carbocycles. The lowest BCUT2D eigenvalue weighted by atomic mass is 10.2. The summed E-state index contributed by atoms with van der Waals surface area (Å²) in [4.78, 5) is 18.9. The van der Waals surface area contributed by atoms with Crippen molar-refractivity contribution < 1.29 is 13.9 Å². The molecule has 0 atom stereocenters. The summed E-state index contributed by atoms with van der Waals surface area (Å²) in [7, 11) is 3.15. The van der Waals surface area contributed by atoms with Crippen molar-refractivity contribution in [3.05, 3.63) is 53.8 Å². The molecule has 0 unspecified atom stereocenters. The lowest BCUT2D eigenvalue weighted by molar-refractivity contribution is -0.127. The summed E-state index contributed by atoms with van der Waals surface area (Å²) in [5.74, 6) is 0.478. The van der Waals surface area contributed by atoms with Crippen molar-refractivity contribution >= 4 is 28.7 Å². The minimum absolute atomic E-state index is 0.0330. The molecule has 5 nitrogen and oxygen atoms in total. The Morgan fingerprint density at radius 1 is 1.28 bits per heavy atom. The number of amides is 1. The highest BCUT2D eigenvalue weighted by Crippen LogP contribution is 2.26. The highest BCUT2D eigenvalue weighted by molar-refractivity contribution is 7.99. The molecule has 3 rings (SSSR count). The zero-order chi connectivity index (χ0) is 21.0. The Morgan fingerprint density at radius 2 is 2.03 bits per heavy atom. The van der Waals surface area contributed by atoms with Crippen LogP contribution in [-0.2, 0) is 17.9 Å². The van der Waals surface area contributed by atoms with Crippen molar-refractivity contribution in [2.24, 2.45) is 5.92 Å². The molecule has 0 bridgehead atoms. The zero-order valence-corrected chi connectivity index (χ0v) is 18.0. The van der Waals surface area contributed by atoms with E-state index in [1.54, 1.807) is 24.1 Å². The Balaban J connectivity index is 1.67. The van der Waals surface area contributed by atoms with Crippen LogP contribution in [0.15, 0.2) is 47.6 Å². The molecule has 0 aliphatic rings. The first-order chi connectivity index (χ1) is 13.9. The number of hydrogen-bond acceptors (Lipinski definition) is 4. The number of carbonyl (C=O) groups excluding carboxylic acids is 1. The number of fused-ring (bicyclic) bond motifs is 1. The van der Waals surface area contributed by atoms with E-state index in [4.69, 9.17) is 9.72 Å². The highest BCUT2D eigenvalue weighted by Gasteiger charge is 2.16. The van der Waals surface area contributed by atoms with Crippen molar-refractivity contribution in [2.75, 3.05) is 19.9 Å². The van der Waals surface area contributed by atoms with Gasteiger partial charge in [0.25, 0.3) is 0 Å². The van der Waals surface area contributed by atoms with Gasteiger partial charge in [-0.15, -0.1) is 0 Å². The van der Waals surface area contributed by atoms with E-state index >= 15 is 0 Å². The molecule has 0 saturated carbocycles. The van der Waals surface area contributed by atoms with Gasteiger partial charge in [-0.25, -0.2) is 9.37 Å². The second-order valence-corrected chi connectivity index (χ2v) is 8.34. The maximum atomic E-state index is 13.9. The van der Waals surface area contributed by atoms with Crippen molar-refractivity contribution in [1.82, 2.24) is 14.5 Å². The lowest BCUT2D eigenvalue weighted by Crippen LogP contribution is -2.28. The molecule has 1 aromatic heterocycles. The normalized spacial score (nSPS) is 11.2. The number of imidazole rings is 1. The van der Waals surface area contributed by atoms with Gasteiger partial charge in [0.05, 0.1) is 23.9 Å². The van der Waals surface area contributed by atoms with E-state index < -0.39 is 5.82 Å². The highest BCUT2D eigenvalue weighted by atomic mass is 32.2. The summed E-state index contributed by atoms with van der Waals surface area (Å²) in [5, 5.41) is 0.845. The van der Waals surface area contributed by atoms with Gasteiger partial charge in [-0.1, -0.05) is 43.8 Å². The average molecular weight is 416 g/mol. The van der Waals surface area contributed by atoms with E-state index in [2.05, 4.69) is 24.5 Å². The fourth-order valence-corrected chi connectivity index (χ4v) is 4.08. The van der Waals surface area contributed by atoms with Crippen LogP contribution in [0.1, 0.15) is 19.4 Å². The quantitative estimate of drug-likeness (QED) is 0.505. The summed E-state index contributed by atoms with van der Waals surface area (Å²) in [6.07, 6.45) is 0. The molecule has 3 aromatic rings. The van der Waals surface area contributed by atoms with Crippen molar-refractivity contribution in [3.63, 3.8) is 0 Å². The molecule has 0 radical (unpaired) electrons. The van der Waals surface area contributed by atoms with Crippen molar-refractivity contribution in [1.29, 1.82) is 0 Å². The van der Waals surface area contributed by atoms with Gasteiger partial charge < -0.3 is 14.2 Å². The smallest absolute Gasteiger partial charge is 0.233 e. The molecular formula is C22H26FN3O2S. The predicted molar refractivity (Wildman–Crippen MR) is 115 cm³/mol. The van der Waals surface area contributed by atoms with Crippen molar-refractivity contribution in [3.8, 4) is 5.75 Å². The van der Waals surface area contributed by atoms with Gasteiger partial charge in [-0.3, -0.25) is 4.79 Å². The van der Waals surface area contributed by atoms with Gasteiger partial charge in [0.15, 0.2) is 16.7 Å². The van der Waals surface area contributed by atoms with Crippen LogP contribution in [0.2, 0.25) is 0 Å². The Bertz CT molecular complexity index is 1000. The molecule has 0 aliphatic heterocycles. The number of nitrogens with zero attached hydrogens (tertiary/aromatic N) is 3. The summed E-state index contributed by atoms with van der Waals surface area (Å²) in [6, 6.07) is 12.8. The van der Waals surface area contributed by atoms with Crippen LogP contribution in [0, 0.1) is 11.7 Å². The molecule has 7 heteroatoms. The fraction of sp³-hybridized carbons (Fsp3) is 0.364. The summed E-state index contributed by atoms with van der Waals surface area (Å²) in [6.45, 7) is 5.51. The second kappa shape index (κ2) is 9.31. The van der Waals surface area contributed by atoms with Gasteiger partial charge in [0.2, 0.25) is 5.91 Å². The first-order valence-corrected chi connectivity index (χ1v) is 10.5. The number of aromatic nitrogens is 2. The maximum absolute atomic E-state index is 13.9. The Hall–Kier alpha value is -2.54. The summed E-state index contributed by atoms with van der Waals surface area (Å²) >= 11 is 1.44. The number of para-hydroxylation sites is 2. The monoisotopic (exact) mass is 415 g/mol. The average Bonchev–Trinajstić information content (AvgIpc) is 3.03. The molecule has 0 N–H and O–H groups in total. The number of thioether (sulfide) groups is 1. The van der Waals surface area contributed by atoms with E-state index in [0.29, 0.717) is 12.5 Å². The van der Waals surface area contributed by atoms with Gasteiger partial charge in [0, 0.05) is 20.1 Å². The summed E-state index contributed by atoms with van der Waals surface area (Å²) < 4.78 is 21.0. The SMILES string of the molecule is COc1ccc(CN(C)C(=O)CSc2nc3ccccc3n2CC(C)C)cc1F. The van der Waals surface area contributed by atoms with Gasteiger partial charge >= 0.3 is 0 Å². The van der Waals surface area contributed by atoms with E-state index in [0.717, 1.165) is 28.3 Å². The zero-order valence-electron chi connectivity index (χ0n) is 17.2. The third kappa shape index (κ3) is 5.09. The van der Waals surface area contributed by atoms with Gasteiger partial charge in [-0.2, -0.15) is 0 Å². The Kier molecular flexibility index (Phi) is 6.79. The first-order valence-electron chi connectivity index (χ1n) is 9.53. The molecule has 154 valence electrons. The van der Waals surface area contributed by atoms with Crippen LogP contribution < -0.4 is 4.74 Å². The first kappa shape index (κ1) is 21.2. The van der Waals surface area contributed by atoms with Crippen LogP contribution >= 0.6 is 11.8 Å². The van der Waals surface area contributed by atoms with Gasteiger partial charge in [-0.05, 0) is 35.7 Å². The third-order valence-corrected chi connectivity index (χ3v) is 5.51. The minimum atomic E-state index is -0.428. The molecule has 1 amide bonds. The Morgan fingerprint density at radius 3 is 2.72 bits per heavy atom. The lowest BCUT2D eigenvalue weighted by Gasteiger charge is -2.18. The number of hydrogen-bond donors (Lipinski definition) is 0. The fourth-order valence-electron chi connectivity index (χ4n) is 3.11. The number of rotatable bonds is 8. The molecule has 1 heterocycles. The van der Waals surface area contributed by atoms with Crippen LogP contribution in [0.4, 0.5) is 4.39 Å². The predicted octanol–water partition coefficient (Wildman–Crippen LogP) is 4.59. The van der Waals surface area contributed by atoms with Crippen LogP contribution in [0.5, 0.6) is 5.75 Å². The third-order valence-electron chi connectivity index (χ3n) is 4.55. The second-order valence-electron chi connectivity index (χ2n) is 7.39. The van der Waals surface area contributed by atoms with Crippen LogP contribution in [-0.4, -0.2) is 40.3 Å². The minimum Gasteiger partial charge on any atom is -0.494 e. The van der Waals surface area contributed by atoms with Crippen LogP contribution in [0.25, 0.3) is 11.0 Å². The molecule has 0 spiro atoms. The molecular weight excluding hydrogens is 389 g/mol. The molecule has 0 aliphatic carbocycles. The Labute approximate surface area is 174 Å². The largest absolute Gasteiger partial charge is 0.494 e. The van der Waals surface area contributed by atoms with Crippen LogP contribution in [0.3, 0.4) is 0 Å². The maximum Gasteiger partial charge on any atom is 0.233 e. The van der Waals surface area contributed by atoms with E-state index in [1.807, 2.05) is 18.2 Å². The van der Waals surface area contributed by atoms with E-state index in [1.165, 1.54) is 24.9 Å². The topological polar surface area (TPSA) is 47.4 Å². The van der Waals surface area contributed by atoms with Crippen molar-refractivity contribution in [2.45, 2.75) is 32.1 Å². The number of carbonyl (C=O) groups is 1. The molecule has 0 fully saturated rings. The van der Waals surface area contributed by atoms with Gasteiger partial charge in [0.1, 0.15) is 0 Å². The molecule has 29 heavy (non-hydrogen) atoms.